The topological polar surface area (TPSA) is 41.5 Å². The van der Waals surface area contributed by atoms with E-state index in [-0.39, 0.29) is 17.6 Å². The highest BCUT2D eigenvalue weighted by Gasteiger charge is 2.49. The summed E-state index contributed by atoms with van der Waals surface area (Å²) in [7, 11) is 0. The summed E-state index contributed by atoms with van der Waals surface area (Å²) < 4.78 is 41.8. The number of halogens is 3. The molecule has 1 aliphatic carbocycles. The molecule has 0 heterocycles. The van der Waals surface area contributed by atoms with Crippen LogP contribution in [0.1, 0.15) is 27.2 Å². The second-order valence-corrected chi connectivity index (χ2v) is 5.02. The summed E-state index contributed by atoms with van der Waals surface area (Å²) in [5.41, 5.74) is -0.193. The van der Waals surface area contributed by atoms with Crippen LogP contribution in [-0.2, 0) is 4.74 Å². The van der Waals surface area contributed by atoms with Crippen molar-refractivity contribution in [2.24, 2.45) is 5.41 Å². The first kappa shape index (κ1) is 14.7. The highest BCUT2D eigenvalue weighted by Crippen LogP contribution is 2.42. The molecule has 2 N–H and O–H groups in total. The Bertz CT molecular complexity index is 256. The molecule has 0 bridgehead atoms. The summed E-state index contributed by atoms with van der Waals surface area (Å²) in [6, 6.07) is -0.0453. The van der Waals surface area contributed by atoms with Gasteiger partial charge in [0.15, 0.2) is 6.10 Å². The van der Waals surface area contributed by atoms with Gasteiger partial charge in [0.05, 0.1) is 6.10 Å². The van der Waals surface area contributed by atoms with Gasteiger partial charge in [0.1, 0.15) is 0 Å². The quantitative estimate of drug-likeness (QED) is 0.785. The van der Waals surface area contributed by atoms with Crippen LogP contribution in [0.25, 0.3) is 0 Å². The maximum Gasteiger partial charge on any atom is 0.415 e. The Kier molecular flexibility index (Phi) is 4.43. The normalized spacial score (nSPS) is 29.8. The van der Waals surface area contributed by atoms with E-state index in [9.17, 15) is 13.2 Å². The molecule has 3 nitrogen and oxygen atoms in total. The molecular weight excluding hydrogens is 235 g/mol. The van der Waals surface area contributed by atoms with Crippen molar-refractivity contribution in [3.8, 4) is 0 Å². The van der Waals surface area contributed by atoms with Crippen LogP contribution in [0.15, 0.2) is 0 Å². The lowest BCUT2D eigenvalue weighted by Crippen LogP contribution is -2.62. The number of aliphatic hydroxyl groups is 1. The molecule has 1 rings (SSSR count). The summed E-state index contributed by atoms with van der Waals surface area (Å²) in [5.74, 6) is 0. The van der Waals surface area contributed by atoms with Crippen LogP contribution in [0.3, 0.4) is 0 Å². The van der Waals surface area contributed by atoms with Gasteiger partial charge in [-0.25, -0.2) is 0 Å². The van der Waals surface area contributed by atoms with Crippen molar-refractivity contribution in [1.29, 1.82) is 0 Å². The fourth-order valence-corrected chi connectivity index (χ4v) is 2.09. The van der Waals surface area contributed by atoms with Crippen LogP contribution in [0.2, 0.25) is 0 Å². The first-order valence-corrected chi connectivity index (χ1v) is 5.79. The summed E-state index contributed by atoms with van der Waals surface area (Å²) in [6.45, 7) is 5.94. The smallest absolute Gasteiger partial charge is 0.382 e. The molecule has 1 fully saturated rings. The third kappa shape index (κ3) is 3.33. The van der Waals surface area contributed by atoms with Crippen molar-refractivity contribution in [3.63, 3.8) is 0 Å². The van der Waals surface area contributed by atoms with Crippen molar-refractivity contribution >= 4 is 0 Å². The molecule has 102 valence electrons. The van der Waals surface area contributed by atoms with Crippen molar-refractivity contribution < 1.29 is 23.0 Å². The molecule has 1 aliphatic rings. The molecule has 17 heavy (non-hydrogen) atoms. The fraction of sp³-hybridized carbons (Fsp3) is 1.00. The third-order valence-corrected chi connectivity index (χ3v) is 3.48. The Morgan fingerprint density at radius 1 is 1.47 bits per heavy atom. The maximum atomic E-state index is 12.1. The van der Waals surface area contributed by atoms with E-state index in [4.69, 9.17) is 9.84 Å². The van der Waals surface area contributed by atoms with Crippen molar-refractivity contribution in [1.82, 2.24) is 5.32 Å². The van der Waals surface area contributed by atoms with E-state index >= 15 is 0 Å². The largest absolute Gasteiger partial charge is 0.415 e. The van der Waals surface area contributed by atoms with Crippen LogP contribution in [0.5, 0.6) is 0 Å². The van der Waals surface area contributed by atoms with Gasteiger partial charge in [0.2, 0.25) is 0 Å². The Hall–Kier alpha value is -0.330. The van der Waals surface area contributed by atoms with Gasteiger partial charge in [-0.15, -0.1) is 0 Å². The van der Waals surface area contributed by atoms with Gasteiger partial charge in [-0.3, -0.25) is 0 Å². The van der Waals surface area contributed by atoms with Crippen molar-refractivity contribution in [3.05, 3.63) is 0 Å². The highest BCUT2D eigenvalue weighted by molar-refractivity contribution is 5.03. The van der Waals surface area contributed by atoms with Crippen molar-refractivity contribution in [2.45, 2.75) is 51.6 Å². The number of ether oxygens (including phenoxy) is 1. The molecule has 0 spiro atoms. The third-order valence-electron chi connectivity index (χ3n) is 3.48. The molecule has 3 atom stereocenters. The number of aliphatic hydroxyl groups excluding tert-OH is 1. The van der Waals surface area contributed by atoms with Gasteiger partial charge in [0.25, 0.3) is 0 Å². The lowest BCUT2D eigenvalue weighted by Gasteiger charge is -2.52. The fourth-order valence-electron chi connectivity index (χ4n) is 2.09. The molecule has 0 aromatic heterocycles. The van der Waals surface area contributed by atoms with Crippen LogP contribution >= 0.6 is 0 Å². The van der Waals surface area contributed by atoms with Crippen LogP contribution in [0.4, 0.5) is 13.2 Å². The first-order valence-electron chi connectivity index (χ1n) is 5.79. The lowest BCUT2D eigenvalue weighted by atomic mass is 9.64. The van der Waals surface area contributed by atoms with Crippen LogP contribution < -0.4 is 5.32 Å². The average molecular weight is 255 g/mol. The zero-order valence-electron chi connectivity index (χ0n) is 10.3. The Morgan fingerprint density at radius 3 is 2.47 bits per heavy atom. The SMILES string of the molecule is CCOC1CC(NCC(O)C(F)(F)F)C1(C)C. The monoisotopic (exact) mass is 255 g/mol. The number of hydrogen-bond donors (Lipinski definition) is 2. The second-order valence-electron chi connectivity index (χ2n) is 5.02. The van der Waals surface area contributed by atoms with E-state index in [1.54, 1.807) is 0 Å². The van der Waals surface area contributed by atoms with Crippen LogP contribution in [0, 0.1) is 5.41 Å². The van der Waals surface area contributed by atoms with Crippen LogP contribution in [-0.4, -0.2) is 42.7 Å². The Morgan fingerprint density at radius 2 is 2.06 bits per heavy atom. The van der Waals surface area contributed by atoms with Gasteiger partial charge in [0, 0.05) is 24.6 Å². The molecule has 0 radical (unpaired) electrons. The zero-order chi connectivity index (χ0) is 13.3. The Labute approximate surface area is 99.3 Å². The summed E-state index contributed by atoms with van der Waals surface area (Å²) in [5, 5.41) is 11.6. The number of alkyl halides is 3. The lowest BCUT2D eigenvalue weighted by molar-refractivity contribution is -0.204. The molecular formula is C11H20F3NO2. The standard InChI is InChI=1S/C11H20F3NO2/c1-4-17-9-5-7(10(9,2)3)15-6-8(16)11(12,13)14/h7-9,15-16H,4-6H2,1-3H3. The average Bonchev–Trinajstić information content (AvgIpc) is 2.20. The number of hydrogen-bond acceptors (Lipinski definition) is 3. The van der Waals surface area contributed by atoms with E-state index in [1.807, 2.05) is 20.8 Å². The van der Waals surface area contributed by atoms with E-state index in [2.05, 4.69) is 5.32 Å². The summed E-state index contributed by atoms with van der Waals surface area (Å²) >= 11 is 0. The molecule has 3 unspecified atom stereocenters. The van der Waals surface area contributed by atoms with E-state index in [0.717, 1.165) is 0 Å². The second kappa shape index (κ2) is 5.12. The number of rotatable bonds is 5. The van der Waals surface area contributed by atoms with Crippen molar-refractivity contribution in [2.75, 3.05) is 13.2 Å². The zero-order valence-corrected chi connectivity index (χ0v) is 10.3. The Balaban J connectivity index is 2.36. The van der Waals surface area contributed by atoms with Gasteiger partial charge >= 0.3 is 6.18 Å². The van der Waals surface area contributed by atoms with Gasteiger partial charge in [-0.1, -0.05) is 13.8 Å². The minimum Gasteiger partial charge on any atom is -0.382 e. The summed E-state index contributed by atoms with van der Waals surface area (Å²) in [4.78, 5) is 0. The van der Waals surface area contributed by atoms with E-state index < -0.39 is 18.8 Å². The molecule has 6 heteroatoms. The number of nitrogens with one attached hydrogen (secondary N) is 1. The van der Waals surface area contributed by atoms with Gasteiger partial charge < -0.3 is 15.2 Å². The van der Waals surface area contributed by atoms with E-state index in [1.165, 1.54) is 0 Å². The maximum absolute atomic E-state index is 12.1. The molecule has 1 saturated carbocycles. The minimum absolute atomic E-state index is 0.0453. The van der Waals surface area contributed by atoms with E-state index in [0.29, 0.717) is 13.0 Å². The predicted molar refractivity (Wildman–Crippen MR) is 57.7 cm³/mol. The predicted octanol–water partition coefficient (Wildman–Crippen LogP) is 1.70. The minimum atomic E-state index is -4.56. The molecule has 0 saturated heterocycles. The molecule has 0 amide bonds. The molecule has 0 aromatic carbocycles. The van der Waals surface area contributed by atoms with Gasteiger partial charge in [-0.2, -0.15) is 13.2 Å². The highest BCUT2D eigenvalue weighted by atomic mass is 19.4. The molecule has 0 aromatic rings. The summed E-state index contributed by atoms with van der Waals surface area (Å²) in [6.07, 6.45) is -6.09. The molecule has 0 aliphatic heterocycles. The van der Waals surface area contributed by atoms with Gasteiger partial charge in [-0.05, 0) is 13.3 Å². The first-order chi connectivity index (χ1) is 7.69.